The second-order valence-electron chi connectivity index (χ2n) is 4.95. The Morgan fingerprint density at radius 2 is 2.05 bits per heavy atom. The Morgan fingerprint density at radius 1 is 1.29 bits per heavy atom. The zero-order valence-corrected chi connectivity index (χ0v) is 14.3. The maximum absolute atomic E-state index is 12.3. The summed E-state index contributed by atoms with van der Waals surface area (Å²) >= 11 is 5.40. The molecule has 2 aromatic rings. The highest BCUT2D eigenvalue weighted by Crippen LogP contribution is 2.24. The van der Waals surface area contributed by atoms with Crippen LogP contribution < -0.4 is 0 Å². The summed E-state index contributed by atoms with van der Waals surface area (Å²) < 4.78 is 6.78. The van der Waals surface area contributed by atoms with Gasteiger partial charge >= 0.3 is 5.97 Å². The van der Waals surface area contributed by atoms with E-state index in [-0.39, 0.29) is 12.1 Å². The fourth-order valence-corrected chi connectivity index (χ4v) is 5.27. The average molecular weight is 340 g/mol. The standard InChI is InChI=1S/C15H17NO2S3/c1-10-16-13-7-11(3-4-14(13)21-10)15(17)18-12-8-19-5-2-6-20-9-12/h3-4,7,12H,2,5-6,8-9H2,1H3. The van der Waals surface area contributed by atoms with Crippen LogP contribution in [-0.4, -0.2) is 40.1 Å². The van der Waals surface area contributed by atoms with Gasteiger partial charge in [0.05, 0.1) is 20.8 Å². The minimum atomic E-state index is -0.227. The highest BCUT2D eigenvalue weighted by molar-refractivity contribution is 8.00. The van der Waals surface area contributed by atoms with Crippen LogP contribution in [0.25, 0.3) is 10.2 Å². The van der Waals surface area contributed by atoms with Gasteiger partial charge in [-0.25, -0.2) is 9.78 Å². The minimum Gasteiger partial charge on any atom is -0.457 e. The van der Waals surface area contributed by atoms with Crippen LogP contribution in [-0.2, 0) is 4.74 Å². The number of aromatic nitrogens is 1. The number of carbonyl (C=O) groups is 1. The lowest BCUT2D eigenvalue weighted by Gasteiger charge is -2.19. The number of fused-ring (bicyclic) bond motifs is 1. The first-order valence-electron chi connectivity index (χ1n) is 6.96. The monoisotopic (exact) mass is 339 g/mol. The average Bonchev–Trinajstić information content (AvgIpc) is 2.80. The largest absolute Gasteiger partial charge is 0.457 e. The van der Waals surface area contributed by atoms with Crippen molar-refractivity contribution in [1.29, 1.82) is 0 Å². The topological polar surface area (TPSA) is 39.2 Å². The van der Waals surface area contributed by atoms with Crippen LogP contribution in [0.2, 0.25) is 0 Å². The van der Waals surface area contributed by atoms with Crippen molar-refractivity contribution in [2.75, 3.05) is 23.0 Å². The summed E-state index contributed by atoms with van der Waals surface area (Å²) in [7, 11) is 0. The van der Waals surface area contributed by atoms with Gasteiger partial charge in [0.15, 0.2) is 0 Å². The number of nitrogens with zero attached hydrogens (tertiary/aromatic N) is 1. The van der Waals surface area contributed by atoms with Crippen LogP contribution in [0.3, 0.4) is 0 Å². The molecule has 0 atom stereocenters. The van der Waals surface area contributed by atoms with E-state index in [2.05, 4.69) is 4.98 Å². The Bertz CT molecular complexity index is 633. The highest BCUT2D eigenvalue weighted by Gasteiger charge is 2.18. The van der Waals surface area contributed by atoms with E-state index in [1.165, 1.54) is 6.42 Å². The fraction of sp³-hybridized carbons (Fsp3) is 0.467. The smallest absolute Gasteiger partial charge is 0.338 e. The third kappa shape index (κ3) is 3.93. The van der Waals surface area contributed by atoms with Gasteiger partial charge < -0.3 is 4.74 Å². The summed E-state index contributed by atoms with van der Waals surface area (Å²) in [5, 5.41) is 1.02. The SMILES string of the molecule is Cc1nc2cc(C(=O)OC3CSCCCSC3)ccc2s1. The molecule has 1 aliphatic rings. The van der Waals surface area contributed by atoms with Crippen molar-refractivity contribution in [2.45, 2.75) is 19.4 Å². The predicted octanol–water partition coefficient (Wildman–Crippen LogP) is 4.00. The molecule has 0 saturated carbocycles. The zero-order chi connectivity index (χ0) is 14.7. The maximum Gasteiger partial charge on any atom is 0.338 e. The molecule has 1 saturated heterocycles. The Hall–Kier alpha value is -0.720. The molecule has 0 spiro atoms. The Morgan fingerprint density at radius 3 is 2.81 bits per heavy atom. The summed E-state index contributed by atoms with van der Waals surface area (Å²) in [5.74, 6) is 3.89. The maximum atomic E-state index is 12.3. The molecule has 6 heteroatoms. The van der Waals surface area contributed by atoms with Crippen LogP contribution in [0.1, 0.15) is 21.8 Å². The van der Waals surface area contributed by atoms with Crippen molar-refractivity contribution >= 4 is 51.0 Å². The number of thiazole rings is 1. The molecule has 21 heavy (non-hydrogen) atoms. The van der Waals surface area contributed by atoms with E-state index in [9.17, 15) is 4.79 Å². The van der Waals surface area contributed by atoms with Crippen molar-refractivity contribution in [1.82, 2.24) is 4.98 Å². The number of carbonyl (C=O) groups excluding carboxylic acids is 1. The molecule has 0 unspecified atom stereocenters. The van der Waals surface area contributed by atoms with Crippen LogP contribution >= 0.6 is 34.9 Å². The molecule has 0 bridgehead atoms. The van der Waals surface area contributed by atoms with Gasteiger partial charge in [0.25, 0.3) is 0 Å². The van der Waals surface area contributed by atoms with E-state index < -0.39 is 0 Å². The number of esters is 1. The minimum absolute atomic E-state index is 0.0145. The molecule has 3 rings (SSSR count). The normalized spacial score (nSPS) is 17.4. The van der Waals surface area contributed by atoms with Gasteiger partial charge in [-0.3, -0.25) is 0 Å². The molecule has 2 heterocycles. The molecule has 1 fully saturated rings. The highest BCUT2D eigenvalue weighted by atomic mass is 32.2. The second kappa shape index (κ2) is 7.03. The van der Waals surface area contributed by atoms with Crippen LogP contribution in [0, 0.1) is 6.92 Å². The first kappa shape index (κ1) is 15.2. The Balaban J connectivity index is 1.70. The summed E-state index contributed by atoms with van der Waals surface area (Å²) in [6.45, 7) is 1.98. The number of rotatable bonds is 2. The van der Waals surface area contributed by atoms with E-state index >= 15 is 0 Å². The molecule has 0 radical (unpaired) electrons. The molecule has 112 valence electrons. The number of aryl methyl sites for hydroxylation is 1. The molecule has 0 aliphatic carbocycles. The molecule has 0 amide bonds. The van der Waals surface area contributed by atoms with E-state index in [0.717, 1.165) is 38.2 Å². The lowest BCUT2D eigenvalue weighted by molar-refractivity contribution is 0.0394. The molecule has 0 N–H and O–H groups in total. The van der Waals surface area contributed by atoms with Crippen molar-refractivity contribution in [3.05, 3.63) is 28.8 Å². The summed E-state index contributed by atoms with van der Waals surface area (Å²) in [6, 6.07) is 5.63. The molecule has 1 aromatic heterocycles. The summed E-state index contributed by atoms with van der Waals surface area (Å²) in [5.41, 5.74) is 1.48. The molecule has 3 nitrogen and oxygen atoms in total. The van der Waals surface area contributed by atoms with Gasteiger partial charge in [-0.15, -0.1) is 11.3 Å². The van der Waals surface area contributed by atoms with E-state index in [1.807, 2.05) is 48.6 Å². The van der Waals surface area contributed by atoms with Gasteiger partial charge in [0.2, 0.25) is 0 Å². The van der Waals surface area contributed by atoms with E-state index in [0.29, 0.717) is 5.56 Å². The van der Waals surface area contributed by atoms with Gasteiger partial charge in [-0.2, -0.15) is 23.5 Å². The fourth-order valence-electron chi connectivity index (χ4n) is 2.20. The number of ether oxygens (including phenoxy) is 1. The number of thioether (sulfide) groups is 2. The van der Waals surface area contributed by atoms with Gasteiger partial charge in [-0.05, 0) is 43.0 Å². The van der Waals surface area contributed by atoms with Crippen molar-refractivity contribution in [3.8, 4) is 0 Å². The molecule has 1 aliphatic heterocycles. The predicted molar refractivity (Wildman–Crippen MR) is 92.8 cm³/mol. The summed E-state index contributed by atoms with van der Waals surface area (Å²) in [6.07, 6.45) is 1.26. The first-order valence-corrected chi connectivity index (χ1v) is 10.1. The van der Waals surface area contributed by atoms with Gasteiger partial charge in [0, 0.05) is 11.5 Å². The van der Waals surface area contributed by atoms with Gasteiger partial charge in [-0.1, -0.05) is 0 Å². The zero-order valence-electron chi connectivity index (χ0n) is 11.8. The molecular formula is C15H17NO2S3. The van der Waals surface area contributed by atoms with Crippen LogP contribution in [0.15, 0.2) is 18.2 Å². The van der Waals surface area contributed by atoms with Crippen molar-refractivity contribution in [3.63, 3.8) is 0 Å². The van der Waals surface area contributed by atoms with Crippen molar-refractivity contribution in [2.24, 2.45) is 0 Å². The van der Waals surface area contributed by atoms with Crippen molar-refractivity contribution < 1.29 is 9.53 Å². The number of hydrogen-bond donors (Lipinski definition) is 0. The van der Waals surface area contributed by atoms with Crippen LogP contribution in [0.5, 0.6) is 0 Å². The first-order chi connectivity index (χ1) is 10.2. The lowest BCUT2D eigenvalue weighted by atomic mass is 10.2. The third-order valence-electron chi connectivity index (χ3n) is 3.19. The molecular weight excluding hydrogens is 322 g/mol. The lowest BCUT2D eigenvalue weighted by Crippen LogP contribution is -2.24. The quantitative estimate of drug-likeness (QED) is 0.773. The van der Waals surface area contributed by atoms with E-state index in [1.54, 1.807) is 11.3 Å². The Labute approximate surface area is 136 Å². The Kier molecular flexibility index (Phi) is 5.08. The van der Waals surface area contributed by atoms with E-state index in [4.69, 9.17) is 4.74 Å². The number of hydrogen-bond acceptors (Lipinski definition) is 6. The second-order valence-corrected chi connectivity index (χ2v) is 8.48. The number of benzene rings is 1. The third-order valence-corrected chi connectivity index (χ3v) is 6.51. The summed E-state index contributed by atoms with van der Waals surface area (Å²) in [4.78, 5) is 16.7. The van der Waals surface area contributed by atoms with Crippen LogP contribution in [0.4, 0.5) is 0 Å². The van der Waals surface area contributed by atoms with Gasteiger partial charge in [0.1, 0.15) is 6.10 Å². The molecule has 1 aromatic carbocycles.